The van der Waals surface area contributed by atoms with Crippen LogP contribution in [0.25, 0.3) is 0 Å². The molecule has 0 aromatic rings. The van der Waals surface area contributed by atoms with E-state index < -0.39 is 10.0 Å². The second-order valence-electron chi connectivity index (χ2n) is 7.92. The number of aliphatic imine (C=N–C) groups is 1. The van der Waals surface area contributed by atoms with Crippen LogP contribution < -0.4 is 5.32 Å². The first kappa shape index (κ1) is 28.8. The molecule has 1 atom stereocenters. The number of piperazine rings is 1. The highest BCUT2D eigenvalue weighted by molar-refractivity contribution is 14.0. The van der Waals surface area contributed by atoms with Crippen molar-refractivity contribution in [2.24, 2.45) is 4.99 Å². The number of guanidine groups is 1. The number of nitrogens with zero attached hydrogens (tertiary/aromatic N) is 3. The van der Waals surface area contributed by atoms with Gasteiger partial charge in [-0.1, -0.05) is 0 Å². The minimum atomic E-state index is -3.28. The Hall–Kier alpha value is -0.210. The van der Waals surface area contributed by atoms with Gasteiger partial charge in [-0.05, 0) is 40.0 Å². The Morgan fingerprint density at radius 1 is 1.23 bits per heavy atom. The Balaban J connectivity index is 0.00000480. The van der Waals surface area contributed by atoms with Crippen molar-refractivity contribution in [2.75, 3.05) is 71.4 Å². The fourth-order valence-electron chi connectivity index (χ4n) is 3.46. The first-order valence-electron chi connectivity index (χ1n) is 11.2. The lowest BCUT2D eigenvalue weighted by Gasteiger charge is -2.36. The Kier molecular flexibility index (Phi) is 14.5. The van der Waals surface area contributed by atoms with Gasteiger partial charge in [-0.3, -0.25) is 4.99 Å². The average Bonchev–Trinajstić information content (AvgIpc) is 3.23. The molecule has 2 saturated heterocycles. The van der Waals surface area contributed by atoms with Crippen molar-refractivity contribution in [1.29, 1.82) is 0 Å². The molecular formula is C20H41IN4O5S. The maximum atomic E-state index is 12.5. The smallest absolute Gasteiger partial charge is 0.216 e. The van der Waals surface area contributed by atoms with Gasteiger partial charge >= 0.3 is 0 Å². The van der Waals surface area contributed by atoms with Crippen LogP contribution in [0.2, 0.25) is 0 Å². The molecule has 0 bridgehead atoms. The molecule has 2 fully saturated rings. The second kappa shape index (κ2) is 15.6. The van der Waals surface area contributed by atoms with Crippen molar-refractivity contribution in [3.63, 3.8) is 0 Å². The van der Waals surface area contributed by atoms with Crippen LogP contribution in [0.1, 0.15) is 40.0 Å². The van der Waals surface area contributed by atoms with Crippen LogP contribution in [0.15, 0.2) is 4.99 Å². The monoisotopic (exact) mass is 576 g/mol. The molecule has 0 spiro atoms. The zero-order valence-corrected chi connectivity index (χ0v) is 22.4. The topological polar surface area (TPSA) is 92.7 Å². The average molecular weight is 577 g/mol. The van der Waals surface area contributed by atoms with Crippen molar-refractivity contribution in [1.82, 2.24) is 14.5 Å². The van der Waals surface area contributed by atoms with Gasteiger partial charge in [0.1, 0.15) is 0 Å². The lowest BCUT2D eigenvalue weighted by atomic mass is 10.2. The van der Waals surface area contributed by atoms with Crippen molar-refractivity contribution in [3.8, 4) is 0 Å². The van der Waals surface area contributed by atoms with E-state index in [4.69, 9.17) is 19.2 Å². The summed E-state index contributed by atoms with van der Waals surface area (Å²) in [4.78, 5) is 6.83. The molecule has 0 aliphatic carbocycles. The van der Waals surface area contributed by atoms with Gasteiger partial charge in [0, 0.05) is 52.5 Å². The normalized spacial score (nSPS) is 20.8. The molecule has 2 rings (SSSR count). The SMILES string of the molecule is CCNC(=NCCCOCC1CCCO1)N1CCN(S(=O)(=O)CCOC(C)C)CC1.I. The van der Waals surface area contributed by atoms with Gasteiger partial charge in [0.05, 0.1) is 31.2 Å². The summed E-state index contributed by atoms with van der Waals surface area (Å²) in [5.41, 5.74) is 0. The van der Waals surface area contributed by atoms with E-state index in [0.717, 1.165) is 38.4 Å². The molecule has 0 aromatic heterocycles. The Morgan fingerprint density at radius 2 is 1.97 bits per heavy atom. The molecule has 9 nitrogen and oxygen atoms in total. The number of hydrogen-bond donors (Lipinski definition) is 1. The van der Waals surface area contributed by atoms with Crippen molar-refractivity contribution >= 4 is 40.0 Å². The van der Waals surface area contributed by atoms with E-state index in [1.165, 1.54) is 0 Å². The third-order valence-electron chi connectivity index (χ3n) is 5.10. The lowest BCUT2D eigenvalue weighted by Crippen LogP contribution is -2.54. The number of ether oxygens (including phenoxy) is 3. The van der Waals surface area contributed by atoms with Crippen LogP contribution in [0.3, 0.4) is 0 Å². The fourth-order valence-corrected chi connectivity index (χ4v) is 4.75. The molecule has 1 N–H and O–H groups in total. The van der Waals surface area contributed by atoms with Crippen LogP contribution in [-0.2, 0) is 24.2 Å². The van der Waals surface area contributed by atoms with E-state index >= 15 is 0 Å². The van der Waals surface area contributed by atoms with Gasteiger partial charge < -0.3 is 24.4 Å². The zero-order valence-electron chi connectivity index (χ0n) is 19.3. The van der Waals surface area contributed by atoms with Crippen molar-refractivity contribution in [2.45, 2.75) is 52.2 Å². The molecule has 1 unspecified atom stereocenters. The highest BCUT2D eigenvalue weighted by atomic mass is 127. The first-order valence-corrected chi connectivity index (χ1v) is 12.9. The quantitative estimate of drug-likeness (QED) is 0.163. The summed E-state index contributed by atoms with van der Waals surface area (Å²) < 4.78 is 43.2. The second-order valence-corrected chi connectivity index (χ2v) is 10.0. The zero-order chi connectivity index (χ0) is 21.8. The molecule has 2 aliphatic heterocycles. The number of sulfonamides is 1. The summed E-state index contributed by atoms with van der Waals surface area (Å²) in [6.45, 7) is 11.9. The Bertz CT molecular complexity index is 607. The number of rotatable bonds is 12. The molecule has 11 heteroatoms. The van der Waals surface area contributed by atoms with Gasteiger partial charge in [-0.2, -0.15) is 4.31 Å². The summed E-state index contributed by atoms with van der Waals surface area (Å²) in [6.07, 6.45) is 3.37. The van der Waals surface area contributed by atoms with E-state index in [1.54, 1.807) is 4.31 Å². The fraction of sp³-hybridized carbons (Fsp3) is 0.950. The van der Waals surface area contributed by atoms with Gasteiger partial charge in [0.15, 0.2) is 5.96 Å². The van der Waals surface area contributed by atoms with E-state index in [-0.39, 0.29) is 48.5 Å². The van der Waals surface area contributed by atoms with Crippen molar-refractivity contribution in [3.05, 3.63) is 0 Å². The summed E-state index contributed by atoms with van der Waals surface area (Å²) in [5, 5.41) is 3.32. The summed E-state index contributed by atoms with van der Waals surface area (Å²) in [6, 6.07) is 0. The van der Waals surface area contributed by atoms with Crippen LogP contribution in [0.5, 0.6) is 0 Å². The predicted molar refractivity (Wildman–Crippen MR) is 134 cm³/mol. The molecule has 0 amide bonds. The molecule has 2 heterocycles. The third kappa shape index (κ3) is 11.0. The van der Waals surface area contributed by atoms with Crippen LogP contribution in [0, 0.1) is 0 Å². The highest BCUT2D eigenvalue weighted by Crippen LogP contribution is 2.12. The molecule has 31 heavy (non-hydrogen) atoms. The van der Waals surface area contributed by atoms with E-state index in [0.29, 0.717) is 45.9 Å². The molecule has 0 saturated carbocycles. The number of hydrogen-bond acceptors (Lipinski definition) is 6. The lowest BCUT2D eigenvalue weighted by molar-refractivity contribution is 0.0170. The van der Waals surface area contributed by atoms with E-state index in [2.05, 4.69) is 10.2 Å². The van der Waals surface area contributed by atoms with Gasteiger partial charge in [0.2, 0.25) is 10.0 Å². The maximum absolute atomic E-state index is 12.5. The minimum Gasteiger partial charge on any atom is -0.379 e. The predicted octanol–water partition coefficient (Wildman–Crippen LogP) is 1.53. The van der Waals surface area contributed by atoms with Gasteiger partial charge in [-0.25, -0.2) is 8.42 Å². The van der Waals surface area contributed by atoms with Crippen LogP contribution in [0.4, 0.5) is 0 Å². The summed E-state index contributed by atoms with van der Waals surface area (Å²) in [5.74, 6) is 0.877. The summed E-state index contributed by atoms with van der Waals surface area (Å²) >= 11 is 0. The minimum absolute atomic E-state index is 0. The van der Waals surface area contributed by atoms with Gasteiger partial charge in [0.25, 0.3) is 0 Å². The Labute approximate surface area is 205 Å². The highest BCUT2D eigenvalue weighted by Gasteiger charge is 2.28. The maximum Gasteiger partial charge on any atom is 0.216 e. The molecular weight excluding hydrogens is 535 g/mol. The van der Waals surface area contributed by atoms with Crippen molar-refractivity contribution < 1.29 is 22.6 Å². The summed E-state index contributed by atoms with van der Waals surface area (Å²) in [7, 11) is -3.28. The first-order chi connectivity index (χ1) is 14.4. The van der Waals surface area contributed by atoms with Gasteiger partial charge in [-0.15, -0.1) is 24.0 Å². The van der Waals surface area contributed by atoms with Crippen LogP contribution >= 0.6 is 24.0 Å². The number of halogens is 1. The molecule has 0 aromatic carbocycles. The third-order valence-corrected chi connectivity index (χ3v) is 6.93. The standard InChI is InChI=1S/C20H40N4O5S.HI/c1-4-21-20(22-8-6-13-27-17-19-7-5-14-29-19)23-9-11-24(12-10-23)30(25,26)16-15-28-18(2)3;/h18-19H,4-17H2,1-3H3,(H,21,22);1H. The Morgan fingerprint density at radius 3 is 2.58 bits per heavy atom. The largest absolute Gasteiger partial charge is 0.379 e. The molecule has 0 radical (unpaired) electrons. The number of nitrogens with one attached hydrogen (secondary N) is 1. The molecule has 2 aliphatic rings. The van der Waals surface area contributed by atoms with Crippen LogP contribution in [-0.4, -0.2) is 107 Å². The van der Waals surface area contributed by atoms with E-state index in [1.807, 2.05) is 20.8 Å². The molecule has 184 valence electrons. The van der Waals surface area contributed by atoms with E-state index in [9.17, 15) is 8.42 Å².